The van der Waals surface area contributed by atoms with E-state index in [1.807, 2.05) is 31.3 Å². The Labute approximate surface area is 158 Å². The minimum atomic E-state index is -4.45. The van der Waals surface area contributed by atoms with Gasteiger partial charge in [0.1, 0.15) is 0 Å². The van der Waals surface area contributed by atoms with E-state index < -0.39 is 11.9 Å². The molecule has 0 radical (unpaired) electrons. The molecule has 1 aromatic carbocycles. The number of benzene rings is 1. The van der Waals surface area contributed by atoms with E-state index >= 15 is 0 Å². The fourth-order valence-electron chi connectivity index (χ4n) is 3.51. The van der Waals surface area contributed by atoms with Crippen LogP contribution in [-0.4, -0.2) is 43.6 Å². The number of carbonyl (C=O) groups excluding carboxylic acids is 1. The van der Waals surface area contributed by atoms with E-state index in [1.165, 1.54) is 10.9 Å². The van der Waals surface area contributed by atoms with Crippen LogP contribution < -0.4 is 5.32 Å². The zero-order valence-corrected chi connectivity index (χ0v) is 15.1. The summed E-state index contributed by atoms with van der Waals surface area (Å²) in [6, 6.07) is 8.15. The van der Waals surface area contributed by atoms with Gasteiger partial charge in [-0.15, -0.1) is 0 Å². The zero-order valence-electron chi connectivity index (χ0n) is 15.1. The number of likely N-dealkylation sites (tertiary alicyclic amines) is 1. The number of aromatic nitrogens is 4. The van der Waals surface area contributed by atoms with Crippen molar-refractivity contribution in [1.82, 2.24) is 24.5 Å². The number of nitrogens with zero attached hydrogens (tertiary/aromatic N) is 5. The first kappa shape index (κ1) is 18.3. The van der Waals surface area contributed by atoms with Gasteiger partial charge in [-0.1, -0.05) is 12.1 Å². The first-order valence-electron chi connectivity index (χ1n) is 8.93. The predicted molar refractivity (Wildman–Crippen MR) is 96.8 cm³/mol. The highest BCUT2D eigenvalue weighted by atomic mass is 19.4. The highest BCUT2D eigenvalue weighted by molar-refractivity contribution is 5.99. The topological polar surface area (TPSA) is 68.0 Å². The van der Waals surface area contributed by atoms with Crippen LogP contribution in [0.3, 0.4) is 0 Å². The van der Waals surface area contributed by atoms with Gasteiger partial charge in [-0.2, -0.15) is 23.4 Å². The smallest absolute Gasteiger partial charge is 0.324 e. The number of para-hydroxylation sites is 1. The van der Waals surface area contributed by atoms with Crippen LogP contribution in [0.5, 0.6) is 0 Å². The number of amides is 2. The summed E-state index contributed by atoms with van der Waals surface area (Å²) in [5.74, 6) is 0.493. The molecule has 0 bridgehead atoms. The van der Waals surface area contributed by atoms with Gasteiger partial charge < -0.3 is 4.90 Å². The van der Waals surface area contributed by atoms with Crippen molar-refractivity contribution < 1.29 is 18.0 Å². The van der Waals surface area contributed by atoms with Gasteiger partial charge in [-0.3, -0.25) is 14.7 Å². The molecule has 1 saturated heterocycles. The van der Waals surface area contributed by atoms with Crippen LogP contribution in [0.25, 0.3) is 10.9 Å². The van der Waals surface area contributed by atoms with Crippen molar-refractivity contribution in [3.05, 3.63) is 42.2 Å². The molecule has 148 valence electrons. The standard InChI is InChI=1S/C18H19F3N6O/c1-25-14-5-3-2-4-13(14)16(24-25)22-17(28)26-9-6-12(7-10-26)27-11-8-15(23-27)18(19,20)21/h2-5,8,11-12H,6-7,9-10H2,1H3,(H,22,24,28). The number of anilines is 1. The first-order chi connectivity index (χ1) is 13.3. The maximum Gasteiger partial charge on any atom is 0.435 e. The lowest BCUT2D eigenvalue weighted by Crippen LogP contribution is -2.41. The van der Waals surface area contributed by atoms with Crippen LogP contribution in [0.2, 0.25) is 0 Å². The second-order valence-electron chi connectivity index (χ2n) is 6.82. The normalized spacial score (nSPS) is 15.9. The molecule has 0 saturated carbocycles. The van der Waals surface area contributed by atoms with Gasteiger partial charge in [-0.05, 0) is 31.0 Å². The summed E-state index contributed by atoms with van der Waals surface area (Å²) < 4.78 is 41.2. The summed E-state index contributed by atoms with van der Waals surface area (Å²) in [5.41, 5.74) is 0.0189. The lowest BCUT2D eigenvalue weighted by Gasteiger charge is -2.31. The molecule has 1 aliphatic heterocycles. The van der Waals surface area contributed by atoms with Gasteiger partial charge in [0.2, 0.25) is 0 Å². The largest absolute Gasteiger partial charge is 0.435 e. The van der Waals surface area contributed by atoms with Crippen LogP contribution in [0, 0.1) is 0 Å². The molecule has 28 heavy (non-hydrogen) atoms. The number of alkyl halides is 3. The van der Waals surface area contributed by atoms with Crippen LogP contribution in [-0.2, 0) is 13.2 Å². The van der Waals surface area contributed by atoms with Crippen molar-refractivity contribution >= 4 is 22.8 Å². The van der Waals surface area contributed by atoms with Crippen molar-refractivity contribution in [2.45, 2.75) is 25.1 Å². The number of carbonyl (C=O) groups is 1. The van der Waals surface area contributed by atoms with Gasteiger partial charge in [0.25, 0.3) is 0 Å². The molecule has 2 aromatic heterocycles. The third kappa shape index (κ3) is 3.41. The van der Waals surface area contributed by atoms with Gasteiger partial charge in [-0.25, -0.2) is 4.79 Å². The number of urea groups is 1. The Hall–Kier alpha value is -3.04. The summed E-state index contributed by atoms with van der Waals surface area (Å²) in [6.45, 7) is 0.866. The van der Waals surface area contributed by atoms with E-state index in [2.05, 4.69) is 15.5 Å². The molecule has 7 nitrogen and oxygen atoms in total. The second kappa shape index (κ2) is 6.84. The molecule has 1 fully saturated rings. The van der Waals surface area contributed by atoms with Crippen molar-refractivity contribution in [3.63, 3.8) is 0 Å². The van der Waals surface area contributed by atoms with Crippen molar-refractivity contribution in [1.29, 1.82) is 0 Å². The van der Waals surface area contributed by atoms with E-state index in [9.17, 15) is 18.0 Å². The number of hydrogen-bond donors (Lipinski definition) is 1. The van der Waals surface area contributed by atoms with Crippen molar-refractivity contribution in [2.24, 2.45) is 7.05 Å². The average molecular weight is 392 g/mol. The van der Waals surface area contributed by atoms with Crippen LogP contribution in [0.4, 0.5) is 23.8 Å². The molecule has 4 rings (SSSR count). The van der Waals surface area contributed by atoms with E-state index in [1.54, 1.807) is 9.58 Å². The molecular weight excluding hydrogens is 373 g/mol. The molecule has 3 aromatic rings. The Morgan fingerprint density at radius 1 is 1.14 bits per heavy atom. The number of nitrogens with one attached hydrogen (secondary N) is 1. The fraction of sp³-hybridized carbons (Fsp3) is 0.389. The van der Waals surface area contributed by atoms with Crippen LogP contribution >= 0.6 is 0 Å². The SMILES string of the molecule is Cn1nc(NC(=O)N2CCC(n3ccc(C(F)(F)F)n3)CC2)c2ccccc21. The number of piperidine rings is 1. The molecule has 0 aliphatic carbocycles. The summed E-state index contributed by atoms with van der Waals surface area (Å²) >= 11 is 0. The van der Waals surface area contributed by atoms with Crippen LogP contribution in [0.15, 0.2) is 36.5 Å². The molecule has 10 heteroatoms. The molecular formula is C18H19F3N6O. The lowest BCUT2D eigenvalue weighted by atomic mass is 10.1. The van der Waals surface area contributed by atoms with Gasteiger partial charge >= 0.3 is 12.2 Å². The van der Waals surface area contributed by atoms with E-state index in [0.717, 1.165) is 17.0 Å². The Bertz CT molecular complexity index is 1000. The highest BCUT2D eigenvalue weighted by Gasteiger charge is 2.34. The maximum absolute atomic E-state index is 12.7. The monoisotopic (exact) mass is 392 g/mol. The third-order valence-electron chi connectivity index (χ3n) is 5.01. The van der Waals surface area contributed by atoms with E-state index in [4.69, 9.17) is 0 Å². The number of rotatable bonds is 2. The second-order valence-corrected chi connectivity index (χ2v) is 6.82. The minimum Gasteiger partial charge on any atom is -0.324 e. The van der Waals surface area contributed by atoms with Crippen LogP contribution in [0.1, 0.15) is 24.6 Å². The summed E-state index contributed by atoms with van der Waals surface area (Å²) in [4.78, 5) is 14.2. The molecule has 0 unspecified atom stereocenters. The number of hydrogen-bond acceptors (Lipinski definition) is 3. The molecule has 1 aliphatic rings. The Morgan fingerprint density at radius 2 is 1.86 bits per heavy atom. The number of fused-ring (bicyclic) bond motifs is 1. The maximum atomic E-state index is 12.7. The number of aryl methyl sites for hydroxylation is 1. The third-order valence-corrected chi connectivity index (χ3v) is 5.01. The summed E-state index contributed by atoms with van der Waals surface area (Å²) in [5, 5.41) is 11.7. The molecule has 0 spiro atoms. The predicted octanol–water partition coefficient (Wildman–Crippen LogP) is 3.66. The van der Waals surface area contributed by atoms with E-state index in [0.29, 0.717) is 31.7 Å². The summed E-state index contributed by atoms with van der Waals surface area (Å²) in [7, 11) is 1.81. The quantitative estimate of drug-likeness (QED) is 0.724. The summed E-state index contributed by atoms with van der Waals surface area (Å²) in [6.07, 6.45) is -2.02. The van der Waals surface area contributed by atoms with Gasteiger partial charge in [0.05, 0.1) is 11.6 Å². The zero-order chi connectivity index (χ0) is 19.9. The highest BCUT2D eigenvalue weighted by Crippen LogP contribution is 2.30. The fourth-order valence-corrected chi connectivity index (χ4v) is 3.51. The molecule has 1 N–H and O–H groups in total. The van der Waals surface area contributed by atoms with Crippen molar-refractivity contribution in [2.75, 3.05) is 18.4 Å². The Balaban J connectivity index is 1.39. The minimum absolute atomic E-state index is 0.157. The first-order valence-corrected chi connectivity index (χ1v) is 8.93. The van der Waals surface area contributed by atoms with E-state index in [-0.39, 0.29) is 12.1 Å². The lowest BCUT2D eigenvalue weighted by molar-refractivity contribution is -0.141. The number of halogens is 3. The molecule has 2 amide bonds. The molecule has 0 atom stereocenters. The average Bonchev–Trinajstić information content (AvgIpc) is 3.28. The Kier molecular flexibility index (Phi) is 4.48. The molecule has 3 heterocycles. The van der Waals surface area contributed by atoms with Crippen molar-refractivity contribution in [3.8, 4) is 0 Å². The van der Waals surface area contributed by atoms with Gasteiger partial charge in [0, 0.05) is 31.7 Å². The Morgan fingerprint density at radius 3 is 2.54 bits per heavy atom. The van der Waals surface area contributed by atoms with Gasteiger partial charge in [0.15, 0.2) is 11.5 Å².